The number of aryl methyl sites for hydroxylation is 1. The Morgan fingerprint density at radius 1 is 1.07 bits per heavy atom. The number of carbonyl (C=O) groups excluding carboxylic acids is 3. The smallest absolute Gasteiger partial charge is 0.338 e. The van der Waals surface area contributed by atoms with Crippen molar-refractivity contribution in [1.82, 2.24) is 0 Å². The van der Waals surface area contributed by atoms with Crippen molar-refractivity contribution in [3.8, 4) is 0 Å². The van der Waals surface area contributed by atoms with Crippen LogP contribution in [-0.2, 0) is 20.7 Å². The summed E-state index contributed by atoms with van der Waals surface area (Å²) in [5.74, 6) is -1.60. The molecule has 0 spiro atoms. The number of rotatable bonds is 5. The lowest BCUT2D eigenvalue weighted by atomic mass is 9.90. The Morgan fingerprint density at radius 2 is 1.78 bits per heavy atom. The van der Waals surface area contributed by atoms with Crippen LogP contribution in [0.2, 0.25) is 0 Å². The van der Waals surface area contributed by atoms with E-state index in [9.17, 15) is 14.4 Å². The summed E-state index contributed by atoms with van der Waals surface area (Å²) in [5, 5.41) is 0. The Bertz CT molecular complexity index is 872. The van der Waals surface area contributed by atoms with Gasteiger partial charge in [0, 0.05) is 5.92 Å². The third-order valence-corrected chi connectivity index (χ3v) is 4.93. The van der Waals surface area contributed by atoms with E-state index >= 15 is 0 Å². The monoisotopic (exact) mass is 365 g/mol. The van der Waals surface area contributed by atoms with Gasteiger partial charge in [0.25, 0.3) is 0 Å². The van der Waals surface area contributed by atoms with Crippen LogP contribution in [0.15, 0.2) is 48.5 Å². The second-order valence-electron chi connectivity index (χ2n) is 6.87. The van der Waals surface area contributed by atoms with E-state index in [0.29, 0.717) is 24.3 Å². The van der Waals surface area contributed by atoms with E-state index in [4.69, 9.17) is 4.74 Å². The first kappa shape index (κ1) is 18.8. The minimum absolute atomic E-state index is 0.196. The average Bonchev–Trinajstić information content (AvgIpc) is 2.86. The van der Waals surface area contributed by atoms with Gasteiger partial charge in [-0.15, -0.1) is 0 Å². The molecule has 1 heterocycles. The highest BCUT2D eigenvalue weighted by Gasteiger charge is 2.45. The predicted octanol–water partition coefficient (Wildman–Crippen LogP) is 3.54. The molecule has 3 rings (SSSR count). The number of nitrogens with zero attached hydrogens (tertiary/aromatic N) is 1. The first-order chi connectivity index (χ1) is 12.9. The molecule has 140 valence electrons. The van der Waals surface area contributed by atoms with E-state index in [0.717, 1.165) is 11.1 Å². The van der Waals surface area contributed by atoms with Crippen LogP contribution >= 0.6 is 0 Å². The molecule has 2 aromatic carbocycles. The number of anilines is 1. The lowest BCUT2D eigenvalue weighted by Gasteiger charge is -2.15. The number of benzene rings is 2. The molecule has 0 bridgehead atoms. The summed E-state index contributed by atoms with van der Waals surface area (Å²) in [6.07, 6.45) is 0.533. The molecule has 1 fully saturated rings. The normalized spacial score (nSPS) is 19.4. The van der Waals surface area contributed by atoms with Crippen molar-refractivity contribution < 1.29 is 19.1 Å². The van der Waals surface area contributed by atoms with Gasteiger partial charge in [0.05, 0.1) is 23.8 Å². The van der Waals surface area contributed by atoms with Crippen LogP contribution in [0.1, 0.15) is 35.3 Å². The molecule has 1 saturated heterocycles. The van der Waals surface area contributed by atoms with Crippen molar-refractivity contribution in [2.24, 2.45) is 11.8 Å². The fourth-order valence-electron chi connectivity index (χ4n) is 3.44. The van der Waals surface area contributed by atoms with E-state index in [1.807, 2.05) is 31.2 Å². The van der Waals surface area contributed by atoms with Gasteiger partial charge in [-0.25, -0.2) is 4.79 Å². The van der Waals surface area contributed by atoms with Gasteiger partial charge in [-0.05, 0) is 50.1 Å². The van der Waals surface area contributed by atoms with Crippen LogP contribution in [0.4, 0.5) is 5.69 Å². The summed E-state index contributed by atoms with van der Waals surface area (Å²) in [6.45, 7) is 5.84. The molecule has 1 aliphatic heterocycles. The summed E-state index contributed by atoms with van der Waals surface area (Å²) < 4.78 is 4.96. The predicted molar refractivity (Wildman–Crippen MR) is 102 cm³/mol. The highest BCUT2D eigenvalue weighted by molar-refractivity contribution is 6.22. The topological polar surface area (TPSA) is 63.7 Å². The number of hydrogen-bond donors (Lipinski definition) is 0. The highest BCUT2D eigenvalue weighted by atomic mass is 16.5. The minimum Gasteiger partial charge on any atom is -0.462 e. The van der Waals surface area contributed by atoms with Crippen molar-refractivity contribution in [3.05, 3.63) is 65.2 Å². The summed E-state index contributed by atoms with van der Waals surface area (Å²) in [4.78, 5) is 38.7. The van der Waals surface area contributed by atoms with E-state index in [2.05, 4.69) is 0 Å². The highest BCUT2D eigenvalue weighted by Crippen LogP contribution is 2.33. The molecular weight excluding hydrogens is 342 g/mol. The third-order valence-electron chi connectivity index (χ3n) is 4.93. The van der Waals surface area contributed by atoms with Crippen LogP contribution in [0.25, 0.3) is 0 Å². The molecule has 2 atom stereocenters. The lowest BCUT2D eigenvalue weighted by molar-refractivity contribution is -0.122. The maximum Gasteiger partial charge on any atom is 0.338 e. The maximum absolute atomic E-state index is 13.0. The molecule has 27 heavy (non-hydrogen) atoms. The molecule has 2 amide bonds. The summed E-state index contributed by atoms with van der Waals surface area (Å²) in [5.41, 5.74) is 3.05. The van der Waals surface area contributed by atoms with Gasteiger partial charge in [0.15, 0.2) is 0 Å². The molecule has 5 nitrogen and oxygen atoms in total. The van der Waals surface area contributed by atoms with Crippen LogP contribution < -0.4 is 4.90 Å². The van der Waals surface area contributed by atoms with Gasteiger partial charge < -0.3 is 4.74 Å². The molecule has 0 saturated carbocycles. The third kappa shape index (κ3) is 3.77. The zero-order valence-corrected chi connectivity index (χ0v) is 15.8. The summed E-state index contributed by atoms with van der Waals surface area (Å²) in [6, 6.07) is 14.4. The maximum atomic E-state index is 13.0. The number of amides is 2. The zero-order chi connectivity index (χ0) is 19.6. The minimum atomic E-state index is -0.422. The molecule has 0 aromatic heterocycles. The number of imide groups is 1. The Kier molecular flexibility index (Phi) is 5.40. The van der Waals surface area contributed by atoms with Crippen molar-refractivity contribution in [1.29, 1.82) is 0 Å². The van der Waals surface area contributed by atoms with Gasteiger partial charge in [-0.1, -0.05) is 36.8 Å². The van der Waals surface area contributed by atoms with Gasteiger partial charge in [-0.3, -0.25) is 14.5 Å². The molecule has 0 N–H and O–H groups in total. The Morgan fingerprint density at radius 3 is 2.41 bits per heavy atom. The van der Waals surface area contributed by atoms with Crippen LogP contribution in [-0.4, -0.2) is 24.4 Å². The van der Waals surface area contributed by atoms with Gasteiger partial charge in [-0.2, -0.15) is 0 Å². The Labute approximate surface area is 158 Å². The Balaban J connectivity index is 1.81. The molecule has 0 radical (unpaired) electrons. The quantitative estimate of drug-likeness (QED) is 0.601. The van der Waals surface area contributed by atoms with Crippen molar-refractivity contribution in [3.63, 3.8) is 0 Å². The summed E-state index contributed by atoms with van der Waals surface area (Å²) >= 11 is 0. The SMILES string of the molecule is CCOC(=O)c1ccc(N2C(=O)[C@H](C)[C@@H](Cc3cccc(C)c3)C2=O)cc1. The standard InChI is InChI=1S/C22H23NO4/c1-4-27-22(26)17-8-10-18(11-9-17)23-20(24)15(3)19(21(23)25)13-16-7-5-6-14(2)12-16/h5-12,15,19H,4,13H2,1-3H3/t15-,19-/m1/s1. The second-order valence-corrected chi connectivity index (χ2v) is 6.87. The second kappa shape index (κ2) is 7.74. The summed E-state index contributed by atoms with van der Waals surface area (Å²) in [7, 11) is 0. The molecule has 2 aromatic rings. The zero-order valence-electron chi connectivity index (χ0n) is 15.8. The molecule has 0 aliphatic carbocycles. The molecule has 1 aliphatic rings. The first-order valence-electron chi connectivity index (χ1n) is 9.13. The molecule has 0 unspecified atom stereocenters. The number of ether oxygens (including phenoxy) is 1. The first-order valence-corrected chi connectivity index (χ1v) is 9.13. The fourth-order valence-corrected chi connectivity index (χ4v) is 3.44. The van der Waals surface area contributed by atoms with Crippen molar-refractivity contribution >= 4 is 23.5 Å². The molecular formula is C22H23NO4. The fraction of sp³-hybridized carbons (Fsp3) is 0.318. The van der Waals surface area contributed by atoms with E-state index < -0.39 is 5.97 Å². The van der Waals surface area contributed by atoms with Crippen LogP contribution in [0.5, 0.6) is 0 Å². The number of carbonyl (C=O) groups is 3. The van der Waals surface area contributed by atoms with Gasteiger partial charge in [0.1, 0.15) is 0 Å². The van der Waals surface area contributed by atoms with E-state index in [-0.39, 0.29) is 23.7 Å². The lowest BCUT2D eigenvalue weighted by Crippen LogP contribution is -2.31. The van der Waals surface area contributed by atoms with E-state index in [1.54, 1.807) is 38.1 Å². The van der Waals surface area contributed by atoms with Crippen LogP contribution in [0, 0.1) is 18.8 Å². The van der Waals surface area contributed by atoms with Crippen molar-refractivity contribution in [2.75, 3.05) is 11.5 Å². The number of esters is 1. The van der Waals surface area contributed by atoms with Gasteiger partial charge >= 0.3 is 5.97 Å². The van der Waals surface area contributed by atoms with Crippen LogP contribution in [0.3, 0.4) is 0 Å². The molecule has 5 heteroatoms. The van der Waals surface area contributed by atoms with Crippen molar-refractivity contribution in [2.45, 2.75) is 27.2 Å². The van der Waals surface area contributed by atoms with Gasteiger partial charge in [0.2, 0.25) is 11.8 Å². The van der Waals surface area contributed by atoms with E-state index in [1.165, 1.54) is 4.90 Å². The largest absolute Gasteiger partial charge is 0.462 e. The average molecular weight is 365 g/mol. The number of hydrogen-bond acceptors (Lipinski definition) is 4. The Hall–Kier alpha value is -2.95.